The predicted molar refractivity (Wildman–Crippen MR) is 58.7 cm³/mol. The zero-order chi connectivity index (χ0) is 9.78. The van der Waals surface area contributed by atoms with E-state index in [2.05, 4.69) is 32.1 Å². The van der Waals surface area contributed by atoms with Gasteiger partial charge in [-0.15, -0.1) is 0 Å². The van der Waals surface area contributed by atoms with Gasteiger partial charge in [0.1, 0.15) is 0 Å². The zero-order valence-electron chi connectivity index (χ0n) is 8.96. The topological polar surface area (TPSA) is 9.23 Å². The summed E-state index contributed by atoms with van der Waals surface area (Å²) in [5, 5.41) is 0. The number of ether oxygens (including phenoxy) is 1. The van der Waals surface area contributed by atoms with Crippen LogP contribution in [0.2, 0.25) is 0 Å². The SMILES string of the molecule is CC=CCCCC=COCCCC. The fourth-order valence-electron chi connectivity index (χ4n) is 0.952. The molecule has 0 aliphatic carbocycles. The van der Waals surface area contributed by atoms with Crippen molar-refractivity contribution in [1.82, 2.24) is 0 Å². The molecule has 76 valence electrons. The zero-order valence-corrected chi connectivity index (χ0v) is 8.96. The van der Waals surface area contributed by atoms with Crippen LogP contribution in [0, 0.1) is 0 Å². The van der Waals surface area contributed by atoms with Gasteiger partial charge in [0, 0.05) is 0 Å². The lowest BCUT2D eigenvalue weighted by atomic mass is 10.2. The van der Waals surface area contributed by atoms with Gasteiger partial charge in [0.2, 0.25) is 0 Å². The molecule has 13 heavy (non-hydrogen) atoms. The first kappa shape index (κ1) is 12.3. The van der Waals surface area contributed by atoms with E-state index in [1.54, 1.807) is 0 Å². The molecule has 0 bridgehead atoms. The summed E-state index contributed by atoms with van der Waals surface area (Å²) in [7, 11) is 0. The summed E-state index contributed by atoms with van der Waals surface area (Å²) in [4.78, 5) is 0. The van der Waals surface area contributed by atoms with E-state index >= 15 is 0 Å². The number of unbranched alkanes of at least 4 members (excludes halogenated alkanes) is 3. The van der Waals surface area contributed by atoms with E-state index in [0.717, 1.165) is 19.4 Å². The lowest BCUT2D eigenvalue weighted by molar-refractivity contribution is 0.242. The van der Waals surface area contributed by atoms with Crippen molar-refractivity contribution >= 4 is 0 Å². The van der Waals surface area contributed by atoms with Gasteiger partial charge in [-0.25, -0.2) is 0 Å². The summed E-state index contributed by atoms with van der Waals surface area (Å²) in [5.41, 5.74) is 0. The minimum atomic E-state index is 0.863. The van der Waals surface area contributed by atoms with E-state index in [1.807, 2.05) is 6.26 Å². The lowest BCUT2D eigenvalue weighted by Gasteiger charge is -1.96. The van der Waals surface area contributed by atoms with Crippen molar-refractivity contribution < 1.29 is 4.74 Å². The Morgan fingerprint density at radius 1 is 1.08 bits per heavy atom. The Morgan fingerprint density at radius 2 is 1.85 bits per heavy atom. The molecule has 0 aromatic carbocycles. The fourth-order valence-corrected chi connectivity index (χ4v) is 0.952. The Labute approximate surface area is 82.5 Å². The van der Waals surface area contributed by atoms with E-state index in [4.69, 9.17) is 4.74 Å². The molecule has 0 heterocycles. The quantitative estimate of drug-likeness (QED) is 0.312. The third-order valence-electron chi connectivity index (χ3n) is 1.79. The van der Waals surface area contributed by atoms with Crippen LogP contribution in [0.25, 0.3) is 0 Å². The average Bonchev–Trinajstić information content (AvgIpc) is 2.16. The van der Waals surface area contributed by atoms with Crippen LogP contribution in [0.4, 0.5) is 0 Å². The van der Waals surface area contributed by atoms with Crippen LogP contribution in [-0.2, 0) is 4.74 Å². The minimum absolute atomic E-state index is 0.863. The monoisotopic (exact) mass is 182 g/mol. The molecule has 1 nitrogen and oxygen atoms in total. The third kappa shape index (κ3) is 11.3. The second kappa shape index (κ2) is 11.3. The Bertz CT molecular complexity index is 136. The summed E-state index contributed by atoms with van der Waals surface area (Å²) < 4.78 is 5.28. The van der Waals surface area contributed by atoms with Gasteiger partial charge in [0.05, 0.1) is 12.9 Å². The summed E-state index contributed by atoms with van der Waals surface area (Å²) in [6.45, 7) is 5.09. The van der Waals surface area contributed by atoms with Crippen LogP contribution < -0.4 is 0 Å². The van der Waals surface area contributed by atoms with Crippen LogP contribution in [-0.4, -0.2) is 6.61 Å². The predicted octanol–water partition coefficient (Wildman–Crippen LogP) is 4.06. The van der Waals surface area contributed by atoms with Crippen molar-refractivity contribution in [3.8, 4) is 0 Å². The molecule has 0 radical (unpaired) electrons. The summed E-state index contributed by atoms with van der Waals surface area (Å²) in [6, 6.07) is 0. The normalized spacial score (nSPS) is 11.5. The van der Waals surface area contributed by atoms with E-state index in [0.29, 0.717) is 0 Å². The Kier molecular flexibility index (Phi) is 10.7. The average molecular weight is 182 g/mol. The number of hydrogen-bond donors (Lipinski definition) is 0. The van der Waals surface area contributed by atoms with Gasteiger partial charge in [0.15, 0.2) is 0 Å². The van der Waals surface area contributed by atoms with Gasteiger partial charge >= 0.3 is 0 Å². The van der Waals surface area contributed by atoms with E-state index in [-0.39, 0.29) is 0 Å². The Morgan fingerprint density at radius 3 is 2.54 bits per heavy atom. The maximum atomic E-state index is 5.28. The van der Waals surface area contributed by atoms with Crippen molar-refractivity contribution in [3.63, 3.8) is 0 Å². The molecule has 0 saturated carbocycles. The third-order valence-corrected chi connectivity index (χ3v) is 1.79. The van der Waals surface area contributed by atoms with Crippen molar-refractivity contribution in [2.75, 3.05) is 6.61 Å². The van der Waals surface area contributed by atoms with Crippen LogP contribution in [0.15, 0.2) is 24.5 Å². The van der Waals surface area contributed by atoms with Crippen LogP contribution >= 0.6 is 0 Å². The highest BCUT2D eigenvalue weighted by Gasteiger charge is 1.81. The van der Waals surface area contributed by atoms with Crippen LogP contribution in [0.5, 0.6) is 0 Å². The highest BCUT2D eigenvalue weighted by molar-refractivity contribution is 4.79. The molecule has 0 spiro atoms. The maximum absolute atomic E-state index is 5.28. The molecule has 0 unspecified atom stereocenters. The van der Waals surface area contributed by atoms with E-state index in [1.165, 1.54) is 19.3 Å². The first-order chi connectivity index (χ1) is 6.41. The number of allylic oxidation sites excluding steroid dienone is 3. The molecular formula is C12H22O. The molecule has 0 atom stereocenters. The first-order valence-corrected chi connectivity index (χ1v) is 5.29. The van der Waals surface area contributed by atoms with E-state index < -0.39 is 0 Å². The van der Waals surface area contributed by atoms with Crippen LogP contribution in [0.3, 0.4) is 0 Å². The fraction of sp³-hybridized carbons (Fsp3) is 0.667. The van der Waals surface area contributed by atoms with Crippen molar-refractivity contribution in [1.29, 1.82) is 0 Å². The number of rotatable bonds is 8. The van der Waals surface area contributed by atoms with Gasteiger partial charge in [-0.1, -0.05) is 25.5 Å². The second-order valence-electron chi connectivity index (χ2n) is 3.10. The van der Waals surface area contributed by atoms with E-state index in [9.17, 15) is 0 Å². The maximum Gasteiger partial charge on any atom is 0.0873 e. The van der Waals surface area contributed by atoms with Crippen molar-refractivity contribution in [2.45, 2.75) is 46.0 Å². The summed E-state index contributed by atoms with van der Waals surface area (Å²) in [5.74, 6) is 0. The largest absolute Gasteiger partial charge is 0.502 e. The van der Waals surface area contributed by atoms with Gasteiger partial charge in [-0.3, -0.25) is 0 Å². The molecule has 0 saturated heterocycles. The van der Waals surface area contributed by atoms with Gasteiger partial charge in [-0.05, 0) is 38.7 Å². The molecule has 0 aliphatic heterocycles. The van der Waals surface area contributed by atoms with Gasteiger partial charge < -0.3 is 4.74 Å². The standard InChI is InChI=1S/C12H22O/c1-3-5-7-8-9-10-12-13-11-6-4-2/h3,5,10,12H,4,6-9,11H2,1-2H3. The Balaban J connectivity index is 3.03. The van der Waals surface area contributed by atoms with Crippen molar-refractivity contribution in [3.05, 3.63) is 24.5 Å². The summed E-state index contributed by atoms with van der Waals surface area (Å²) >= 11 is 0. The molecule has 0 N–H and O–H groups in total. The second-order valence-corrected chi connectivity index (χ2v) is 3.10. The Hall–Kier alpha value is -0.720. The molecule has 0 rings (SSSR count). The smallest absolute Gasteiger partial charge is 0.0873 e. The van der Waals surface area contributed by atoms with Gasteiger partial charge in [0.25, 0.3) is 0 Å². The highest BCUT2D eigenvalue weighted by Crippen LogP contribution is 1.98. The molecule has 0 aliphatic rings. The van der Waals surface area contributed by atoms with Gasteiger partial charge in [-0.2, -0.15) is 0 Å². The lowest BCUT2D eigenvalue weighted by Crippen LogP contribution is -1.84. The molecule has 0 fully saturated rings. The molecule has 0 aromatic heterocycles. The molecule has 0 aromatic rings. The van der Waals surface area contributed by atoms with Crippen LogP contribution in [0.1, 0.15) is 46.0 Å². The highest BCUT2D eigenvalue weighted by atomic mass is 16.5. The number of hydrogen-bond acceptors (Lipinski definition) is 1. The molecule has 1 heteroatoms. The molecular weight excluding hydrogens is 160 g/mol. The molecule has 0 amide bonds. The van der Waals surface area contributed by atoms with Crippen molar-refractivity contribution in [2.24, 2.45) is 0 Å². The minimum Gasteiger partial charge on any atom is -0.502 e. The first-order valence-electron chi connectivity index (χ1n) is 5.29. The summed E-state index contributed by atoms with van der Waals surface area (Å²) in [6.07, 6.45) is 14.1.